The molecule has 1 saturated carbocycles. The second-order valence-electron chi connectivity index (χ2n) is 5.78. The lowest BCUT2D eigenvalue weighted by Gasteiger charge is -2.57. The van der Waals surface area contributed by atoms with E-state index in [2.05, 4.69) is 21.2 Å². The molecule has 1 aromatic carbocycles. The Morgan fingerprint density at radius 1 is 1.50 bits per heavy atom. The summed E-state index contributed by atoms with van der Waals surface area (Å²) in [5.74, 6) is -0.162. The van der Waals surface area contributed by atoms with Crippen LogP contribution in [0.1, 0.15) is 27.2 Å². The Morgan fingerprint density at radius 3 is 2.70 bits per heavy atom. The molecule has 0 bridgehead atoms. The molecule has 1 aromatic rings. The third-order valence-corrected chi connectivity index (χ3v) is 5.05. The highest BCUT2D eigenvalue weighted by molar-refractivity contribution is 9.10. The molecule has 20 heavy (non-hydrogen) atoms. The van der Waals surface area contributed by atoms with Crippen molar-refractivity contribution in [1.29, 1.82) is 0 Å². The summed E-state index contributed by atoms with van der Waals surface area (Å²) in [5, 5.41) is 2.90. The summed E-state index contributed by atoms with van der Waals surface area (Å²) in [6.07, 6.45) is 0.576. The smallest absolute Gasteiger partial charge is 0.245 e. The molecular formula is C15H21BrN2O2. The summed E-state index contributed by atoms with van der Waals surface area (Å²) in [4.78, 5) is 12.5. The molecule has 0 aliphatic heterocycles. The molecule has 2 unspecified atom stereocenters. The van der Waals surface area contributed by atoms with E-state index >= 15 is 0 Å². The lowest BCUT2D eigenvalue weighted by atomic mass is 9.54. The minimum atomic E-state index is -0.901. The monoisotopic (exact) mass is 340 g/mol. The number of anilines is 1. The number of carbonyl (C=O) groups excluding carboxylic acids is 1. The Kier molecular flexibility index (Phi) is 4.23. The zero-order valence-corrected chi connectivity index (χ0v) is 13.7. The van der Waals surface area contributed by atoms with Gasteiger partial charge in [0.15, 0.2) is 0 Å². The van der Waals surface area contributed by atoms with Crippen molar-refractivity contribution >= 4 is 27.5 Å². The third-order valence-electron chi connectivity index (χ3n) is 4.36. The summed E-state index contributed by atoms with van der Waals surface area (Å²) in [6, 6.07) is 7.50. The topological polar surface area (TPSA) is 64.3 Å². The second-order valence-corrected chi connectivity index (χ2v) is 6.63. The van der Waals surface area contributed by atoms with Gasteiger partial charge in [-0.05, 0) is 35.0 Å². The van der Waals surface area contributed by atoms with E-state index in [9.17, 15) is 4.79 Å². The average Bonchev–Trinajstić information content (AvgIpc) is 2.40. The van der Waals surface area contributed by atoms with Crippen LogP contribution in [0.2, 0.25) is 0 Å². The lowest BCUT2D eigenvalue weighted by Crippen LogP contribution is -2.74. The van der Waals surface area contributed by atoms with Gasteiger partial charge in [-0.3, -0.25) is 4.79 Å². The number of rotatable bonds is 4. The molecule has 0 aromatic heterocycles. The Labute approximate surface area is 128 Å². The van der Waals surface area contributed by atoms with Crippen molar-refractivity contribution in [2.45, 2.75) is 38.8 Å². The van der Waals surface area contributed by atoms with Gasteiger partial charge in [0, 0.05) is 22.9 Å². The number of hydrogen-bond acceptors (Lipinski definition) is 3. The van der Waals surface area contributed by atoms with Crippen molar-refractivity contribution in [3.05, 3.63) is 28.7 Å². The van der Waals surface area contributed by atoms with Crippen LogP contribution in [0, 0.1) is 5.41 Å². The first-order valence-electron chi connectivity index (χ1n) is 6.79. The van der Waals surface area contributed by atoms with Crippen LogP contribution < -0.4 is 11.1 Å². The van der Waals surface area contributed by atoms with Crippen LogP contribution in [0.15, 0.2) is 28.7 Å². The molecule has 1 fully saturated rings. The molecular weight excluding hydrogens is 320 g/mol. The van der Waals surface area contributed by atoms with Crippen molar-refractivity contribution in [3.63, 3.8) is 0 Å². The summed E-state index contributed by atoms with van der Waals surface area (Å²) in [6.45, 7) is 6.55. The van der Waals surface area contributed by atoms with Crippen LogP contribution in [-0.2, 0) is 9.53 Å². The fraction of sp³-hybridized carbons (Fsp3) is 0.533. The number of hydrogen-bond donors (Lipinski definition) is 2. The molecule has 5 heteroatoms. The van der Waals surface area contributed by atoms with Crippen LogP contribution in [0.4, 0.5) is 5.69 Å². The standard InChI is InChI=1S/C15H21BrN2O2/c1-4-20-12-9-15(17,14(12,2)3)13(19)18-11-8-6-5-7-10(11)16/h5-8,12H,4,9,17H2,1-3H3,(H,18,19). The van der Waals surface area contributed by atoms with Crippen molar-refractivity contribution in [2.24, 2.45) is 11.1 Å². The van der Waals surface area contributed by atoms with Gasteiger partial charge < -0.3 is 15.8 Å². The van der Waals surface area contributed by atoms with E-state index in [1.807, 2.05) is 45.0 Å². The molecule has 0 saturated heterocycles. The number of halogens is 1. The number of carbonyl (C=O) groups is 1. The van der Waals surface area contributed by atoms with E-state index in [1.165, 1.54) is 0 Å². The van der Waals surface area contributed by atoms with E-state index in [0.717, 1.165) is 10.2 Å². The summed E-state index contributed by atoms with van der Waals surface area (Å²) in [7, 11) is 0. The summed E-state index contributed by atoms with van der Waals surface area (Å²) >= 11 is 3.42. The first-order chi connectivity index (χ1) is 9.33. The second kappa shape index (κ2) is 5.47. The zero-order valence-electron chi connectivity index (χ0n) is 12.1. The SMILES string of the molecule is CCOC1CC(N)(C(=O)Nc2ccccc2Br)C1(C)C. The Balaban J connectivity index is 2.12. The number of para-hydroxylation sites is 1. The van der Waals surface area contributed by atoms with Crippen molar-refractivity contribution in [1.82, 2.24) is 0 Å². The third kappa shape index (κ3) is 2.38. The van der Waals surface area contributed by atoms with Gasteiger partial charge >= 0.3 is 0 Å². The van der Waals surface area contributed by atoms with Crippen LogP contribution in [0.25, 0.3) is 0 Å². The van der Waals surface area contributed by atoms with E-state index in [-0.39, 0.29) is 17.4 Å². The largest absolute Gasteiger partial charge is 0.378 e. The Hall–Kier alpha value is -0.910. The van der Waals surface area contributed by atoms with Crippen molar-refractivity contribution < 1.29 is 9.53 Å². The number of nitrogens with two attached hydrogens (primary N) is 1. The van der Waals surface area contributed by atoms with Crippen LogP contribution in [0.5, 0.6) is 0 Å². The van der Waals surface area contributed by atoms with E-state index < -0.39 is 5.54 Å². The maximum Gasteiger partial charge on any atom is 0.245 e. The van der Waals surface area contributed by atoms with Gasteiger partial charge in [-0.2, -0.15) is 0 Å². The molecule has 0 spiro atoms. The number of ether oxygens (including phenoxy) is 1. The maximum atomic E-state index is 12.5. The van der Waals surface area contributed by atoms with Crippen LogP contribution >= 0.6 is 15.9 Å². The molecule has 1 amide bonds. The minimum absolute atomic E-state index is 0.0301. The van der Waals surface area contributed by atoms with E-state index in [4.69, 9.17) is 10.5 Å². The molecule has 2 atom stereocenters. The Bertz CT molecular complexity index is 518. The highest BCUT2D eigenvalue weighted by Crippen LogP contribution is 2.50. The maximum absolute atomic E-state index is 12.5. The van der Waals surface area contributed by atoms with Gasteiger partial charge in [0.2, 0.25) is 5.91 Å². The van der Waals surface area contributed by atoms with Crippen LogP contribution in [0.3, 0.4) is 0 Å². The quantitative estimate of drug-likeness (QED) is 0.885. The zero-order chi connectivity index (χ0) is 15.0. The normalized spacial score (nSPS) is 27.8. The molecule has 4 nitrogen and oxygen atoms in total. The first-order valence-corrected chi connectivity index (χ1v) is 7.58. The fourth-order valence-corrected chi connectivity index (χ4v) is 3.00. The molecule has 110 valence electrons. The molecule has 0 heterocycles. The lowest BCUT2D eigenvalue weighted by molar-refractivity contribution is -0.166. The van der Waals surface area contributed by atoms with Gasteiger partial charge in [-0.25, -0.2) is 0 Å². The average molecular weight is 341 g/mol. The number of amides is 1. The fourth-order valence-electron chi connectivity index (χ4n) is 2.62. The van der Waals surface area contributed by atoms with Gasteiger partial charge in [0.05, 0.1) is 11.8 Å². The van der Waals surface area contributed by atoms with Crippen molar-refractivity contribution in [2.75, 3.05) is 11.9 Å². The van der Waals surface area contributed by atoms with Crippen molar-refractivity contribution in [3.8, 4) is 0 Å². The van der Waals surface area contributed by atoms with Gasteiger partial charge in [-0.15, -0.1) is 0 Å². The first kappa shape index (κ1) is 15.5. The number of nitrogens with one attached hydrogen (secondary N) is 1. The Morgan fingerprint density at radius 2 is 2.15 bits per heavy atom. The highest BCUT2D eigenvalue weighted by Gasteiger charge is 2.62. The van der Waals surface area contributed by atoms with Gasteiger partial charge in [0.1, 0.15) is 5.54 Å². The van der Waals surface area contributed by atoms with Gasteiger partial charge in [0.25, 0.3) is 0 Å². The minimum Gasteiger partial charge on any atom is -0.378 e. The van der Waals surface area contributed by atoms with Gasteiger partial charge in [-0.1, -0.05) is 26.0 Å². The predicted octanol–water partition coefficient (Wildman–Crippen LogP) is 2.92. The number of benzene rings is 1. The summed E-state index contributed by atoms with van der Waals surface area (Å²) < 4.78 is 6.49. The van der Waals surface area contributed by atoms with E-state index in [1.54, 1.807) is 0 Å². The van der Waals surface area contributed by atoms with Crippen LogP contribution in [-0.4, -0.2) is 24.2 Å². The predicted molar refractivity (Wildman–Crippen MR) is 83.5 cm³/mol. The molecule has 1 aliphatic rings. The summed E-state index contributed by atoms with van der Waals surface area (Å²) in [5.41, 5.74) is 5.79. The molecule has 1 aliphatic carbocycles. The molecule has 0 radical (unpaired) electrons. The molecule has 3 N–H and O–H groups in total. The molecule has 2 rings (SSSR count). The highest BCUT2D eigenvalue weighted by atomic mass is 79.9. The van der Waals surface area contributed by atoms with E-state index in [0.29, 0.717) is 13.0 Å².